The Labute approximate surface area is 132 Å². The molecule has 0 bridgehead atoms. The average Bonchev–Trinajstić information content (AvgIpc) is 2.70. The van der Waals surface area contributed by atoms with Gasteiger partial charge in [-0.1, -0.05) is 15.9 Å². The summed E-state index contributed by atoms with van der Waals surface area (Å²) in [6.45, 7) is 4.04. The molecule has 1 N–H and O–H groups in total. The van der Waals surface area contributed by atoms with Gasteiger partial charge in [-0.05, 0) is 49.3 Å². The van der Waals surface area contributed by atoms with Gasteiger partial charge in [0.1, 0.15) is 0 Å². The van der Waals surface area contributed by atoms with Crippen LogP contribution < -0.4 is 10.2 Å². The van der Waals surface area contributed by atoms with Gasteiger partial charge in [-0.15, -0.1) is 0 Å². The number of thiocarbonyl (C=S) groups is 1. The zero-order chi connectivity index (χ0) is 14.7. The summed E-state index contributed by atoms with van der Waals surface area (Å²) in [6.07, 6.45) is 0. The molecule has 0 saturated carbocycles. The molecule has 0 radical (unpaired) electrons. The van der Waals surface area contributed by atoms with Gasteiger partial charge in [0.15, 0.2) is 14.9 Å². The maximum absolute atomic E-state index is 11.8. The van der Waals surface area contributed by atoms with Crippen LogP contribution in [-0.4, -0.2) is 37.1 Å². The van der Waals surface area contributed by atoms with E-state index in [0.29, 0.717) is 5.11 Å². The van der Waals surface area contributed by atoms with Crippen LogP contribution >= 0.6 is 28.1 Å². The van der Waals surface area contributed by atoms with Gasteiger partial charge in [0.2, 0.25) is 0 Å². The van der Waals surface area contributed by atoms with Crippen LogP contribution in [0.1, 0.15) is 11.1 Å². The molecule has 2 aliphatic rings. The molecule has 108 valence electrons. The molecular weight excluding hydrogens is 360 g/mol. The second-order valence-electron chi connectivity index (χ2n) is 5.46. The molecular formula is C13H15BrN2O2S2. The first-order valence-corrected chi connectivity index (χ1v) is 9.38. The van der Waals surface area contributed by atoms with Crippen LogP contribution in [0.3, 0.4) is 0 Å². The number of nitrogens with one attached hydrogen (secondary N) is 1. The number of rotatable bonds is 1. The standard InChI is InChI=1S/C13H15BrN2O2S2/c1-7-3-9(14)4-8(2)12(7)16-11-6-20(17,18)5-10(11)15-13(16)19/h3-4,10-11H,5-6H2,1-2H3,(H,15,19)/t10-,11+/m1/s1. The third-order valence-electron chi connectivity index (χ3n) is 3.88. The van der Waals surface area contributed by atoms with Crippen LogP contribution in [0.15, 0.2) is 16.6 Å². The fourth-order valence-electron chi connectivity index (χ4n) is 3.15. The van der Waals surface area contributed by atoms with Crippen molar-refractivity contribution in [3.63, 3.8) is 0 Å². The molecule has 0 amide bonds. The molecule has 2 aliphatic heterocycles. The third kappa shape index (κ3) is 2.25. The Morgan fingerprint density at radius 3 is 2.50 bits per heavy atom. The molecule has 1 aromatic carbocycles. The molecule has 0 unspecified atom stereocenters. The van der Waals surface area contributed by atoms with Crippen LogP contribution in [0.2, 0.25) is 0 Å². The molecule has 2 atom stereocenters. The largest absolute Gasteiger partial charge is 0.356 e. The van der Waals surface area contributed by atoms with E-state index in [0.717, 1.165) is 21.3 Å². The van der Waals surface area contributed by atoms with Crippen molar-refractivity contribution in [2.45, 2.75) is 25.9 Å². The number of nitrogens with zero attached hydrogens (tertiary/aromatic N) is 1. The van der Waals surface area contributed by atoms with Crippen molar-refractivity contribution in [3.05, 3.63) is 27.7 Å². The van der Waals surface area contributed by atoms with Crippen molar-refractivity contribution in [1.29, 1.82) is 0 Å². The SMILES string of the molecule is Cc1cc(Br)cc(C)c1N1C(=S)N[C@@H]2CS(=O)(=O)C[C@@H]21. The lowest BCUT2D eigenvalue weighted by molar-refractivity contribution is 0.600. The van der Waals surface area contributed by atoms with E-state index >= 15 is 0 Å². The van der Waals surface area contributed by atoms with Crippen LogP contribution in [0.5, 0.6) is 0 Å². The van der Waals surface area contributed by atoms with Crippen molar-refractivity contribution in [3.8, 4) is 0 Å². The van der Waals surface area contributed by atoms with E-state index in [1.807, 2.05) is 30.9 Å². The maximum Gasteiger partial charge on any atom is 0.174 e. The summed E-state index contributed by atoms with van der Waals surface area (Å²) in [5.41, 5.74) is 3.20. The molecule has 20 heavy (non-hydrogen) atoms. The molecule has 2 saturated heterocycles. The number of aryl methyl sites for hydroxylation is 2. The zero-order valence-corrected chi connectivity index (χ0v) is 14.4. The minimum absolute atomic E-state index is 0.0880. The lowest BCUT2D eigenvalue weighted by atomic mass is 10.1. The van der Waals surface area contributed by atoms with E-state index in [1.54, 1.807) is 0 Å². The summed E-state index contributed by atoms with van der Waals surface area (Å²) in [5.74, 6) is 0.336. The fourth-order valence-corrected chi connectivity index (χ4v) is 6.11. The first-order valence-electron chi connectivity index (χ1n) is 6.35. The van der Waals surface area contributed by atoms with Crippen LogP contribution in [-0.2, 0) is 9.84 Å². The van der Waals surface area contributed by atoms with Gasteiger partial charge in [-0.25, -0.2) is 8.42 Å². The number of benzene rings is 1. The first kappa shape index (κ1) is 14.3. The average molecular weight is 375 g/mol. The number of sulfone groups is 1. The van der Waals surface area contributed by atoms with Gasteiger partial charge in [-0.3, -0.25) is 0 Å². The summed E-state index contributed by atoms with van der Waals surface area (Å²) in [4.78, 5) is 1.99. The molecule has 3 rings (SSSR count). The van der Waals surface area contributed by atoms with E-state index in [9.17, 15) is 8.42 Å². The topological polar surface area (TPSA) is 49.4 Å². The van der Waals surface area contributed by atoms with E-state index < -0.39 is 9.84 Å². The monoisotopic (exact) mass is 374 g/mol. The highest BCUT2D eigenvalue weighted by molar-refractivity contribution is 9.10. The molecule has 2 heterocycles. The summed E-state index contributed by atoms with van der Waals surface area (Å²) in [5, 5.41) is 3.78. The molecule has 0 aliphatic carbocycles. The lowest BCUT2D eigenvalue weighted by Crippen LogP contribution is -2.37. The Bertz CT molecular complexity index is 679. The minimum Gasteiger partial charge on any atom is -0.356 e. The van der Waals surface area contributed by atoms with Crippen molar-refractivity contribution in [2.75, 3.05) is 16.4 Å². The number of fused-ring (bicyclic) bond motifs is 1. The Kier molecular flexibility index (Phi) is 3.34. The van der Waals surface area contributed by atoms with E-state index in [1.165, 1.54) is 0 Å². The Morgan fingerprint density at radius 1 is 1.30 bits per heavy atom. The smallest absolute Gasteiger partial charge is 0.174 e. The van der Waals surface area contributed by atoms with Crippen molar-refractivity contribution in [2.24, 2.45) is 0 Å². The number of hydrogen-bond acceptors (Lipinski definition) is 3. The van der Waals surface area contributed by atoms with E-state index in [-0.39, 0.29) is 23.6 Å². The van der Waals surface area contributed by atoms with Gasteiger partial charge in [0.05, 0.1) is 23.6 Å². The second-order valence-corrected chi connectivity index (χ2v) is 8.91. The molecule has 2 fully saturated rings. The summed E-state index contributed by atoms with van der Waals surface area (Å²) in [6, 6.07) is 3.88. The molecule has 7 heteroatoms. The van der Waals surface area contributed by atoms with Crippen molar-refractivity contribution < 1.29 is 8.42 Å². The number of halogens is 1. The van der Waals surface area contributed by atoms with Gasteiger partial charge < -0.3 is 10.2 Å². The second kappa shape index (κ2) is 4.68. The normalized spacial score (nSPS) is 27.6. The Morgan fingerprint density at radius 2 is 1.90 bits per heavy atom. The zero-order valence-electron chi connectivity index (χ0n) is 11.2. The molecule has 4 nitrogen and oxygen atoms in total. The van der Waals surface area contributed by atoms with Gasteiger partial charge in [-0.2, -0.15) is 0 Å². The first-order chi connectivity index (χ1) is 9.28. The Balaban J connectivity index is 2.08. The number of anilines is 1. The van der Waals surface area contributed by atoms with Gasteiger partial charge >= 0.3 is 0 Å². The van der Waals surface area contributed by atoms with Crippen molar-refractivity contribution >= 4 is 48.8 Å². The maximum atomic E-state index is 11.8. The molecule has 0 spiro atoms. The summed E-state index contributed by atoms with van der Waals surface area (Å²) in [7, 11) is -2.98. The van der Waals surface area contributed by atoms with Gasteiger partial charge in [0.25, 0.3) is 0 Å². The van der Waals surface area contributed by atoms with Crippen LogP contribution in [0.25, 0.3) is 0 Å². The quantitative estimate of drug-likeness (QED) is 0.761. The molecule has 0 aromatic heterocycles. The highest BCUT2D eigenvalue weighted by atomic mass is 79.9. The highest BCUT2D eigenvalue weighted by Crippen LogP contribution is 2.35. The van der Waals surface area contributed by atoms with Crippen molar-refractivity contribution in [1.82, 2.24) is 5.32 Å². The van der Waals surface area contributed by atoms with E-state index in [4.69, 9.17) is 12.2 Å². The molecule has 1 aromatic rings. The fraction of sp³-hybridized carbons (Fsp3) is 0.462. The predicted molar refractivity (Wildman–Crippen MR) is 88.1 cm³/mol. The summed E-state index contributed by atoms with van der Waals surface area (Å²) < 4.78 is 24.7. The minimum atomic E-state index is -2.98. The third-order valence-corrected chi connectivity index (χ3v) is 6.37. The lowest BCUT2D eigenvalue weighted by Gasteiger charge is -2.27. The van der Waals surface area contributed by atoms with Crippen LogP contribution in [0.4, 0.5) is 5.69 Å². The van der Waals surface area contributed by atoms with Gasteiger partial charge in [0, 0.05) is 10.2 Å². The highest BCUT2D eigenvalue weighted by Gasteiger charge is 2.48. The predicted octanol–water partition coefficient (Wildman–Crippen LogP) is 1.93. The van der Waals surface area contributed by atoms with Crippen LogP contribution in [0, 0.1) is 13.8 Å². The number of hydrogen-bond donors (Lipinski definition) is 1. The Hall–Kier alpha value is -0.660. The summed E-state index contributed by atoms with van der Waals surface area (Å²) >= 11 is 8.89. The van der Waals surface area contributed by atoms with E-state index in [2.05, 4.69) is 21.2 Å².